The highest BCUT2D eigenvalue weighted by Crippen LogP contribution is 2.39. The Morgan fingerprint density at radius 3 is 2.00 bits per heavy atom. The molecule has 0 spiro atoms. The van der Waals surface area contributed by atoms with Crippen LogP contribution in [-0.4, -0.2) is 12.2 Å². The van der Waals surface area contributed by atoms with Gasteiger partial charge in [0.1, 0.15) is 0 Å². The van der Waals surface area contributed by atoms with Gasteiger partial charge in [0.15, 0.2) is 0 Å². The van der Waals surface area contributed by atoms with Gasteiger partial charge in [0.2, 0.25) is 0 Å². The molecule has 0 amide bonds. The van der Waals surface area contributed by atoms with Crippen molar-refractivity contribution in [2.24, 2.45) is 5.41 Å². The highest BCUT2D eigenvalue weighted by Gasteiger charge is 2.45. The molecule has 0 aromatic rings. The first-order chi connectivity index (χ1) is 4.05. The third-order valence-electron chi connectivity index (χ3n) is 1.84. The van der Waals surface area contributed by atoms with Gasteiger partial charge in [-0.1, -0.05) is 27.7 Å². The number of hydrogen-bond donors (Lipinski definition) is 0. The average Bonchev–Trinajstić information content (AvgIpc) is 2.39. The predicted octanol–water partition coefficient (Wildman–Crippen LogP) is 2.21. The molecule has 0 N–H and O–H groups in total. The molecule has 1 aliphatic heterocycles. The summed E-state index contributed by atoms with van der Waals surface area (Å²) in [6, 6.07) is 0. The summed E-state index contributed by atoms with van der Waals surface area (Å²) in [5, 5.41) is 0. The zero-order chi connectivity index (χ0) is 7.07. The normalized spacial score (nSPS) is 34.7. The Labute approximate surface area is 57.4 Å². The van der Waals surface area contributed by atoms with Gasteiger partial charge in [-0.25, -0.2) is 0 Å². The number of hydrogen-bond acceptors (Lipinski definition) is 1. The first-order valence-corrected chi connectivity index (χ1v) is 3.71. The molecule has 0 aromatic carbocycles. The third kappa shape index (κ3) is 1.45. The maximum atomic E-state index is 5.43. The summed E-state index contributed by atoms with van der Waals surface area (Å²) >= 11 is 0. The molecule has 0 radical (unpaired) electrons. The van der Waals surface area contributed by atoms with Gasteiger partial charge < -0.3 is 4.74 Å². The molecule has 0 saturated carbocycles. The van der Waals surface area contributed by atoms with E-state index in [1.807, 2.05) is 0 Å². The van der Waals surface area contributed by atoms with Gasteiger partial charge in [-0.15, -0.1) is 0 Å². The van der Waals surface area contributed by atoms with Crippen molar-refractivity contribution >= 4 is 0 Å². The van der Waals surface area contributed by atoms with E-state index in [0.29, 0.717) is 17.6 Å². The summed E-state index contributed by atoms with van der Waals surface area (Å²) in [5.41, 5.74) is 0.362. The van der Waals surface area contributed by atoms with Crippen molar-refractivity contribution in [3.8, 4) is 0 Å². The summed E-state index contributed by atoms with van der Waals surface area (Å²) < 4.78 is 5.43. The Kier molecular flexibility index (Phi) is 1.55. The van der Waals surface area contributed by atoms with E-state index in [1.165, 1.54) is 6.42 Å². The minimum Gasteiger partial charge on any atom is -0.369 e. The molecule has 1 heterocycles. The van der Waals surface area contributed by atoms with Crippen molar-refractivity contribution < 1.29 is 4.74 Å². The van der Waals surface area contributed by atoms with Gasteiger partial charge in [0.25, 0.3) is 0 Å². The Morgan fingerprint density at radius 1 is 1.33 bits per heavy atom. The van der Waals surface area contributed by atoms with Crippen molar-refractivity contribution in [3.05, 3.63) is 0 Å². The molecule has 2 atom stereocenters. The molecule has 1 nitrogen and oxygen atoms in total. The molecule has 1 saturated heterocycles. The molecule has 0 bridgehead atoms. The van der Waals surface area contributed by atoms with Gasteiger partial charge >= 0.3 is 0 Å². The van der Waals surface area contributed by atoms with Crippen LogP contribution in [-0.2, 0) is 4.74 Å². The topological polar surface area (TPSA) is 12.5 Å². The monoisotopic (exact) mass is 128 g/mol. The minimum absolute atomic E-state index is 0.362. The molecule has 1 rings (SSSR count). The van der Waals surface area contributed by atoms with E-state index in [4.69, 9.17) is 4.74 Å². The summed E-state index contributed by atoms with van der Waals surface area (Å²) in [6.45, 7) is 8.87. The summed E-state index contributed by atoms with van der Waals surface area (Å²) in [7, 11) is 0. The summed E-state index contributed by atoms with van der Waals surface area (Å²) in [6.07, 6.45) is 2.26. The van der Waals surface area contributed by atoms with Crippen LogP contribution in [0, 0.1) is 5.41 Å². The van der Waals surface area contributed by atoms with Crippen LogP contribution < -0.4 is 0 Å². The molecular formula is C8H16O. The Hall–Kier alpha value is -0.0400. The van der Waals surface area contributed by atoms with Gasteiger partial charge in [-0.3, -0.25) is 0 Å². The SMILES string of the molecule is CC[C@H]1O[C@@H]1C(C)(C)C. The molecule has 0 unspecified atom stereocenters. The van der Waals surface area contributed by atoms with Crippen molar-refractivity contribution in [1.29, 1.82) is 0 Å². The van der Waals surface area contributed by atoms with Crippen molar-refractivity contribution in [2.75, 3.05) is 0 Å². The van der Waals surface area contributed by atoms with Crippen LogP contribution in [0.3, 0.4) is 0 Å². The maximum absolute atomic E-state index is 5.43. The van der Waals surface area contributed by atoms with Gasteiger partial charge in [0, 0.05) is 0 Å². The molecule has 1 aliphatic rings. The van der Waals surface area contributed by atoms with E-state index in [1.54, 1.807) is 0 Å². The van der Waals surface area contributed by atoms with Gasteiger partial charge in [0.05, 0.1) is 12.2 Å². The Balaban J connectivity index is 2.33. The minimum atomic E-state index is 0.362. The second kappa shape index (κ2) is 1.98. The molecular weight excluding hydrogens is 112 g/mol. The number of rotatable bonds is 1. The Bertz CT molecular complexity index is 102. The lowest BCUT2D eigenvalue weighted by Gasteiger charge is -2.13. The maximum Gasteiger partial charge on any atom is 0.0889 e. The average molecular weight is 128 g/mol. The molecule has 0 aromatic heterocycles. The van der Waals surface area contributed by atoms with E-state index in [9.17, 15) is 0 Å². The molecule has 1 fully saturated rings. The quantitative estimate of drug-likeness (QED) is 0.493. The lowest BCUT2D eigenvalue weighted by atomic mass is 9.90. The van der Waals surface area contributed by atoms with E-state index < -0.39 is 0 Å². The summed E-state index contributed by atoms with van der Waals surface area (Å²) in [4.78, 5) is 0. The predicted molar refractivity (Wildman–Crippen MR) is 38.4 cm³/mol. The fourth-order valence-electron chi connectivity index (χ4n) is 1.22. The smallest absolute Gasteiger partial charge is 0.0889 e. The Morgan fingerprint density at radius 2 is 1.89 bits per heavy atom. The van der Waals surface area contributed by atoms with Crippen LogP contribution in [0.5, 0.6) is 0 Å². The van der Waals surface area contributed by atoms with Gasteiger partial charge in [-0.05, 0) is 11.8 Å². The number of epoxide rings is 1. The second-order valence-corrected chi connectivity index (χ2v) is 3.87. The third-order valence-corrected chi connectivity index (χ3v) is 1.84. The van der Waals surface area contributed by atoms with E-state index in [0.717, 1.165) is 0 Å². The molecule has 0 aliphatic carbocycles. The fourth-order valence-corrected chi connectivity index (χ4v) is 1.22. The zero-order valence-electron chi connectivity index (χ0n) is 6.77. The van der Waals surface area contributed by atoms with E-state index in [-0.39, 0.29) is 0 Å². The standard InChI is InChI=1S/C8H16O/c1-5-6-7(9-6)8(2,3)4/h6-7H,5H2,1-4H3/t6-,7+/m1/s1. The first kappa shape index (κ1) is 7.07. The van der Waals surface area contributed by atoms with Crippen molar-refractivity contribution in [3.63, 3.8) is 0 Å². The number of ether oxygens (including phenoxy) is 1. The first-order valence-electron chi connectivity index (χ1n) is 3.71. The fraction of sp³-hybridized carbons (Fsp3) is 1.00. The van der Waals surface area contributed by atoms with Crippen LogP contribution in [0.4, 0.5) is 0 Å². The highest BCUT2D eigenvalue weighted by molar-refractivity contribution is 4.92. The van der Waals surface area contributed by atoms with Gasteiger partial charge in [-0.2, -0.15) is 0 Å². The molecule has 1 heteroatoms. The van der Waals surface area contributed by atoms with Crippen molar-refractivity contribution in [1.82, 2.24) is 0 Å². The van der Waals surface area contributed by atoms with Crippen LogP contribution in [0.2, 0.25) is 0 Å². The lowest BCUT2D eigenvalue weighted by molar-refractivity contribution is 0.260. The van der Waals surface area contributed by atoms with Crippen LogP contribution in [0.1, 0.15) is 34.1 Å². The molecule has 9 heavy (non-hydrogen) atoms. The second-order valence-electron chi connectivity index (χ2n) is 3.87. The largest absolute Gasteiger partial charge is 0.369 e. The zero-order valence-corrected chi connectivity index (χ0v) is 6.77. The van der Waals surface area contributed by atoms with E-state index in [2.05, 4.69) is 27.7 Å². The van der Waals surface area contributed by atoms with Crippen LogP contribution >= 0.6 is 0 Å². The molecule has 54 valence electrons. The highest BCUT2D eigenvalue weighted by atomic mass is 16.6. The van der Waals surface area contributed by atoms with E-state index >= 15 is 0 Å². The van der Waals surface area contributed by atoms with Crippen LogP contribution in [0.25, 0.3) is 0 Å². The van der Waals surface area contributed by atoms with Crippen molar-refractivity contribution in [2.45, 2.75) is 46.3 Å². The summed E-state index contributed by atoms with van der Waals surface area (Å²) in [5.74, 6) is 0. The lowest BCUT2D eigenvalue weighted by Crippen LogP contribution is -2.15. The van der Waals surface area contributed by atoms with Crippen LogP contribution in [0.15, 0.2) is 0 Å².